The van der Waals surface area contributed by atoms with Crippen molar-refractivity contribution in [2.24, 2.45) is 0 Å². The second-order valence-corrected chi connectivity index (χ2v) is 6.41. The molecule has 1 aliphatic rings. The summed E-state index contributed by atoms with van der Waals surface area (Å²) in [6.07, 6.45) is 0.697. The molecular weight excluding hydrogens is 344 g/mol. The van der Waals surface area contributed by atoms with Crippen molar-refractivity contribution in [1.82, 2.24) is 9.80 Å². The average Bonchev–Trinajstić information content (AvgIpc) is 2.94. The number of ether oxygens (including phenoxy) is 1. The van der Waals surface area contributed by atoms with Crippen LogP contribution in [-0.4, -0.2) is 59.5 Å². The third-order valence-corrected chi connectivity index (χ3v) is 4.62. The first-order chi connectivity index (χ1) is 13.1. The van der Waals surface area contributed by atoms with Crippen LogP contribution in [-0.2, 0) is 0 Å². The summed E-state index contributed by atoms with van der Waals surface area (Å²) in [5.74, 6) is 0.469. The number of carbonyl (C=O) groups is 2. The number of nitrogens with zero attached hydrogens (tertiary/aromatic N) is 2. The molecular formula is C21H24N2O4. The van der Waals surface area contributed by atoms with E-state index >= 15 is 0 Å². The molecule has 0 bridgehead atoms. The van der Waals surface area contributed by atoms with Crippen molar-refractivity contribution in [2.45, 2.75) is 13.3 Å². The molecule has 27 heavy (non-hydrogen) atoms. The lowest BCUT2D eigenvalue weighted by Gasteiger charge is -2.22. The Labute approximate surface area is 159 Å². The molecule has 0 aliphatic carbocycles. The van der Waals surface area contributed by atoms with Crippen LogP contribution < -0.4 is 4.74 Å². The fraction of sp³-hybridized carbons (Fsp3) is 0.333. The third-order valence-electron chi connectivity index (χ3n) is 4.62. The molecule has 1 heterocycles. The highest BCUT2D eigenvalue weighted by Crippen LogP contribution is 2.20. The Balaban J connectivity index is 1.65. The molecule has 2 amide bonds. The standard InChI is InChI=1S/C21H24N2O4/c1-2-27-17-10-8-16(9-11-17)20(25)22-12-5-13-23(15-14-22)21(26)18-6-3-4-7-19(18)24/h3-4,6-11,24H,2,5,12-15H2,1H3. The molecule has 2 aromatic carbocycles. The van der Waals surface area contributed by atoms with Crippen molar-refractivity contribution in [3.63, 3.8) is 0 Å². The number of phenolic OH excluding ortho intramolecular Hbond substituents is 1. The van der Waals surface area contributed by atoms with Gasteiger partial charge in [0.2, 0.25) is 0 Å². The van der Waals surface area contributed by atoms with Gasteiger partial charge in [0.1, 0.15) is 11.5 Å². The van der Waals surface area contributed by atoms with Gasteiger partial charge in [-0.3, -0.25) is 9.59 Å². The highest BCUT2D eigenvalue weighted by Gasteiger charge is 2.24. The Morgan fingerprint density at radius 1 is 0.926 bits per heavy atom. The SMILES string of the molecule is CCOc1ccc(C(=O)N2CCCN(C(=O)c3ccccc3O)CC2)cc1. The molecule has 1 saturated heterocycles. The van der Waals surface area contributed by atoms with Gasteiger partial charge in [0.05, 0.1) is 12.2 Å². The van der Waals surface area contributed by atoms with Gasteiger partial charge in [-0.05, 0) is 49.7 Å². The molecule has 0 aromatic heterocycles. The normalized spacial score (nSPS) is 14.6. The molecule has 0 spiro atoms. The number of benzene rings is 2. The maximum absolute atomic E-state index is 12.8. The quantitative estimate of drug-likeness (QED) is 0.901. The Morgan fingerprint density at radius 2 is 1.56 bits per heavy atom. The summed E-state index contributed by atoms with van der Waals surface area (Å²) in [5.41, 5.74) is 0.905. The summed E-state index contributed by atoms with van der Waals surface area (Å²) in [4.78, 5) is 28.9. The van der Waals surface area contributed by atoms with Crippen LogP contribution in [0.4, 0.5) is 0 Å². The van der Waals surface area contributed by atoms with Crippen molar-refractivity contribution in [3.8, 4) is 11.5 Å². The van der Waals surface area contributed by atoms with Crippen molar-refractivity contribution >= 4 is 11.8 Å². The van der Waals surface area contributed by atoms with E-state index in [1.165, 1.54) is 6.07 Å². The van der Waals surface area contributed by atoms with Crippen molar-refractivity contribution < 1.29 is 19.4 Å². The van der Waals surface area contributed by atoms with Crippen LogP contribution in [0.25, 0.3) is 0 Å². The van der Waals surface area contributed by atoms with Gasteiger partial charge in [-0.1, -0.05) is 12.1 Å². The minimum absolute atomic E-state index is 0.0194. The number of rotatable bonds is 4. The van der Waals surface area contributed by atoms with E-state index in [-0.39, 0.29) is 17.6 Å². The fourth-order valence-electron chi connectivity index (χ4n) is 3.19. The third kappa shape index (κ3) is 4.39. The molecule has 0 saturated carbocycles. The molecule has 1 aliphatic heterocycles. The summed E-state index contributed by atoms with van der Waals surface area (Å²) < 4.78 is 5.41. The zero-order valence-corrected chi connectivity index (χ0v) is 15.4. The van der Waals surface area contributed by atoms with Crippen LogP contribution in [0, 0.1) is 0 Å². The number of hydrogen-bond donors (Lipinski definition) is 1. The summed E-state index contributed by atoms with van der Waals surface area (Å²) in [5, 5.41) is 9.91. The van der Waals surface area contributed by atoms with Gasteiger partial charge in [0, 0.05) is 31.7 Å². The maximum Gasteiger partial charge on any atom is 0.257 e. The lowest BCUT2D eigenvalue weighted by atomic mass is 10.1. The fourth-order valence-corrected chi connectivity index (χ4v) is 3.19. The largest absolute Gasteiger partial charge is 0.507 e. The molecule has 0 atom stereocenters. The first kappa shape index (κ1) is 18.8. The van der Waals surface area contributed by atoms with E-state index in [2.05, 4.69) is 0 Å². The molecule has 1 N–H and O–H groups in total. The second kappa shape index (κ2) is 8.58. The zero-order valence-electron chi connectivity index (χ0n) is 15.4. The second-order valence-electron chi connectivity index (χ2n) is 6.41. The Bertz CT molecular complexity index is 804. The van der Waals surface area contributed by atoms with E-state index in [0.29, 0.717) is 50.3 Å². The molecule has 0 unspecified atom stereocenters. The molecule has 3 rings (SSSR count). The Morgan fingerprint density at radius 3 is 2.19 bits per heavy atom. The Hall–Kier alpha value is -3.02. The van der Waals surface area contributed by atoms with Gasteiger partial charge < -0.3 is 19.6 Å². The summed E-state index contributed by atoms with van der Waals surface area (Å²) >= 11 is 0. The highest BCUT2D eigenvalue weighted by molar-refractivity contribution is 5.97. The predicted octanol–water partition coefficient (Wildman–Crippen LogP) is 2.78. The molecule has 142 valence electrons. The van der Waals surface area contributed by atoms with E-state index in [9.17, 15) is 14.7 Å². The zero-order chi connectivity index (χ0) is 19.2. The number of aromatic hydroxyl groups is 1. The van der Waals surface area contributed by atoms with E-state index in [1.807, 2.05) is 6.92 Å². The van der Waals surface area contributed by atoms with Gasteiger partial charge in [-0.25, -0.2) is 0 Å². The lowest BCUT2D eigenvalue weighted by Crippen LogP contribution is -2.37. The van der Waals surface area contributed by atoms with Gasteiger partial charge in [0.25, 0.3) is 11.8 Å². The van der Waals surface area contributed by atoms with Crippen LogP contribution in [0.5, 0.6) is 11.5 Å². The highest BCUT2D eigenvalue weighted by atomic mass is 16.5. The van der Waals surface area contributed by atoms with Crippen molar-refractivity contribution in [1.29, 1.82) is 0 Å². The van der Waals surface area contributed by atoms with Gasteiger partial charge >= 0.3 is 0 Å². The topological polar surface area (TPSA) is 70.1 Å². The van der Waals surface area contributed by atoms with Gasteiger partial charge in [-0.15, -0.1) is 0 Å². The van der Waals surface area contributed by atoms with E-state index in [0.717, 1.165) is 5.75 Å². The number of carbonyl (C=O) groups excluding carboxylic acids is 2. The molecule has 2 aromatic rings. The monoisotopic (exact) mass is 368 g/mol. The smallest absolute Gasteiger partial charge is 0.257 e. The van der Waals surface area contributed by atoms with Crippen LogP contribution >= 0.6 is 0 Å². The molecule has 1 fully saturated rings. The number of phenols is 1. The first-order valence-electron chi connectivity index (χ1n) is 9.19. The first-order valence-corrected chi connectivity index (χ1v) is 9.19. The Kier molecular flexibility index (Phi) is 5.96. The van der Waals surface area contributed by atoms with Gasteiger partial charge in [0.15, 0.2) is 0 Å². The van der Waals surface area contributed by atoms with Gasteiger partial charge in [-0.2, -0.15) is 0 Å². The van der Waals surface area contributed by atoms with Crippen LogP contribution in [0.2, 0.25) is 0 Å². The molecule has 6 nitrogen and oxygen atoms in total. The predicted molar refractivity (Wildman–Crippen MR) is 102 cm³/mol. The van der Waals surface area contributed by atoms with E-state index in [1.54, 1.807) is 52.3 Å². The maximum atomic E-state index is 12.8. The van der Waals surface area contributed by atoms with Crippen molar-refractivity contribution in [3.05, 3.63) is 59.7 Å². The lowest BCUT2D eigenvalue weighted by molar-refractivity contribution is 0.0717. The minimum Gasteiger partial charge on any atom is -0.507 e. The summed E-state index contributed by atoms with van der Waals surface area (Å²) in [6, 6.07) is 13.7. The summed E-state index contributed by atoms with van der Waals surface area (Å²) in [6.45, 7) is 4.55. The number of hydrogen-bond acceptors (Lipinski definition) is 4. The van der Waals surface area contributed by atoms with Crippen LogP contribution in [0.1, 0.15) is 34.1 Å². The average molecular weight is 368 g/mol. The summed E-state index contributed by atoms with van der Waals surface area (Å²) in [7, 11) is 0. The van der Waals surface area contributed by atoms with Crippen LogP contribution in [0.15, 0.2) is 48.5 Å². The van der Waals surface area contributed by atoms with E-state index < -0.39 is 0 Å². The van der Waals surface area contributed by atoms with Crippen molar-refractivity contribution in [2.75, 3.05) is 32.8 Å². The van der Waals surface area contributed by atoms with Crippen LogP contribution in [0.3, 0.4) is 0 Å². The molecule has 6 heteroatoms. The van der Waals surface area contributed by atoms with E-state index in [4.69, 9.17) is 4.74 Å². The molecule has 0 radical (unpaired) electrons. The minimum atomic E-state index is -0.205. The number of amides is 2. The number of para-hydroxylation sites is 1.